The maximum atomic E-state index is 12.1. The smallest absolute Gasteiger partial charge is 0.243 e. The predicted octanol–water partition coefficient (Wildman–Crippen LogP) is -0.416. The maximum absolute atomic E-state index is 12.1. The first-order valence-electron chi connectivity index (χ1n) is 6.72. The molecule has 19 heavy (non-hydrogen) atoms. The summed E-state index contributed by atoms with van der Waals surface area (Å²) in [6, 6.07) is -1.04. The topological polar surface area (TPSA) is 87.3 Å². The van der Waals surface area contributed by atoms with Crippen LogP contribution in [0.1, 0.15) is 33.6 Å². The van der Waals surface area contributed by atoms with Gasteiger partial charge in [0.2, 0.25) is 11.8 Å². The Morgan fingerprint density at radius 1 is 1.32 bits per heavy atom. The highest BCUT2D eigenvalue weighted by molar-refractivity contribution is 5.92. The molecule has 1 aliphatic rings. The van der Waals surface area contributed by atoms with Gasteiger partial charge in [-0.15, -0.1) is 0 Å². The van der Waals surface area contributed by atoms with E-state index in [1.807, 2.05) is 13.8 Å². The SMILES string of the molecule is CC(=O)N[C@H](C(=O)N[C@H]1CCNCCC1=O)C(C)C. The van der Waals surface area contributed by atoms with Crippen LogP contribution in [-0.4, -0.2) is 42.8 Å². The lowest BCUT2D eigenvalue weighted by molar-refractivity contribution is -0.131. The standard InChI is InChI=1S/C13H23N3O3/c1-8(2)12(15-9(3)17)13(19)16-10-4-6-14-7-5-11(10)18/h8,10,12,14H,4-7H2,1-3H3,(H,15,17)(H,16,19)/t10-,12-/m0/s1. The van der Waals surface area contributed by atoms with Crippen LogP contribution in [0.4, 0.5) is 0 Å². The highest BCUT2D eigenvalue weighted by Gasteiger charge is 2.28. The van der Waals surface area contributed by atoms with Crippen LogP contribution in [0.3, 0.4) is 0 Å². The molecular formula is C13H23N3O3. The lowest BCUT2D eigenvalue weighted by atomic mass is 10.0. The van der Waals surface area contributed by atoms with Crippen molar-refractivity contribution in [3.05, 3.63) is 0 Å². The molecule has 0 aliphatic carbocycles. The molecule has 6 heteroatoms. The van der Waals surface area contributed by atoms with Crippen molar-refractivity contribution in [1.29, 1.82) is 0 Å². The second-order valence-electron chi connectivity index (χ2n) is 5.24. The van der Waals surface area contributed by atoms with Crippen LogP contribution in [-0.2, 0) is 14.4 Å². The normalized spacial score (nSPS) is 21.7. The van der Waals surface area contributed by atoms with Crippen LogP contribution in [0.2, 0.25) is 0 Å². The molecule has 0 aromatic carbocycles. The summed E-state index contributed by atoms with van der Waals surface area (Å²) in [5, 5.41) is 8.50. The first-order chi connectivity index (χ1) is 8.91. The summed E-state index contributed by atoms with van der Waals surface area (Å²) < 4.78 is 0. The van der Waals surface area contributed by atoms with E-state index in [0.717, 1.165) is 0 Å². The zero-order chi connectivity index (χ0) is 14.4. The molecule has 1 fully saturated rings. The van der Waals surface area contributed by atoms with E-state index in [9.17, 15) is 14.4 Å². The van der Waals surface area contributed by atoms with Gasteiger partial charge in [-0.1, -0.05) is 13.8 Å². The quantitative estimate of drug-likeness (QED) is 0.647. The molecule has 0 saturated carbocycles. The highest BCUT2D eigenvalue weighted by atomic mass is 16.2. The van der Waals surface area contributed by atoms with Crippen LogP contribution in [0.5, 0.6) is 0 Å². The van der Waals surface area contributed by atoms with Gasteiger partial charge in [-0.2, -0.15) is 0 Å². The summed E-state index contributed by atoms with van der Waals surface area (Å²) in [6.45, 7) is 6.46. The molecule has 0 unspecified atom stereocenters. The van der Waals surface area contributed by atoms with Gasteiger partial charge in [0.25, 0.3) is 0 Å². The van der Waals surface area contributed by atoms with Crippen molar-refractivity contribution in [2.75, 3.05) is 13.1 Å². The molecule has 1 aliphatic heterocycles. The van der Waals surface area contributed by atoms with Crippen molar-refractivity contribution in [2.24, 2.45) is 5.92 Å². The van der Waals surface area contributed by atoms with E-state index in [0.29, 0.717) is 25.9 Å². The summed E-state index contributed by atoms with van der Waals surface area (Å²) in [6.07, 6.45) is 1.02. The number of carbonyl (C=O) groups excluding carboxylic acids is 3. The van der Waals surface area contributed by atoms with Crippen molar-refractivity contribution in [3.8, 4) is 0 Å². The van der Waals surface area contributed by atoms with Crippen LogP contribution < -0.4 is 16.0 Å². The zero-order valence-electron chi connectivity index (χ0n) is 11.8. The fourth-order valence-corrected chi connectivity index (χ4v) is 2.09. The lowest BCUT2D eigenvalue weighted by Gasteiger charge is -2.23. The summed E-state index contributed by atoms with van der Waals surface area (Å²) in [5.74, 6) is -0.514. The molecule has 1 rings (SSSR count). The molecule has 1 heterocycles. The summed E-state index contributed by atoms with van der Waals surface area (Å²) in [4.78, 5) is 35.1. The Kier molecular flexibility index (Phi) is 5.95. The molecule has 0 radical (unpaired) electrons. The van der Waals surface area contributed by atoms with Crippen molar-refractivity contribution in [2.45, 2.75) is 45.7 Å². The van der Waals surface area contributed by atoms with Crippen LogP contribution in [0.15, 0.2) is 0 Å². The minimum atomic E-state index is -0.596. The number of amides is 2. The first kappa shape index (κ1) is 15.6. The Morgan fingerprint density at radius 2 is 2.00 bits per heavy atom. The molecule has 108 valence electrons. The number of rotatable bonds is 4. The van der Waals surface area contributed by atoms with Gasteiger partial charge in [-0.3, -0.25) is 14.4 Å². The van der Waals surface area contributed by atoms with Gasteiger partial charge in [0.1, 0.15) is 6.04 Å². The molecule has 0 aromatic rings. The van der Waals surface area contributed by atoms with Gasteiger partial charge < -0.3 is 16.0 Å². The Labute approximate surface area is 113 Å². The number of carbonyl (C=O) groups is 3. The Bertz CT molecular complexity index is 355. The Morgan fingerprint density at radius 3 is 2.58 bits per heavy atom. The molecule has 0 aromatic heterocycles. The van der Waals surface area contributed by atoms with Crippen molar-refractivity contribution < 1.29 is 14.4 Å². The van der Waals surface area contributed by atoms with Crippen molar-refractivity contribution in [3.63, 3.8) is 0 Å². The number of hydrogen-bond donors (Lipinski definition) is 3. The van der Waals surface area contributed by atoms with Crippen molar-refractivity contribution in [1.82, 2.24) is 16.0 Å². The van der Waals surface area contributed by atoms with E-state index in [-0.39, 0.29) is 23.5 Å². The number of ketones is 1. The third kappa shape index (κ3) is 4.98. The molecule has 0 spiro atoms. The van der Waals surface area contributed by atoms with Crippen LogP contribution in [0.25, 0.3) is 0 Å². The summed E-state index contributed by atoms with van der Waals surface area (Å²) in [7, 11) is 0. The van der Waals surface area contributed by atoms with Gasteiger partial charge in [-0.25, -0.2) is 0 Å². The fourth-order valence-electron chi connectivity index (χ4n) is 2.09. The van der Waals surface area contributed by atoms with Gasteiger partial charge in [0.05, 0.1) is 6.04 Å². The molecular weight excluding hydrogens is 246 g/mol. The maximum Gasteiger partial charge on any atom is 0.243 e. The minimum Gasteiger partial charge on any atom is -0.344 e. The summed E-state index contributed by atoms with van der Waals surface area (Å²) >= 11 is 0. The van der Waals surface area contributed by atoms with E-state index in [2.05, 4.69) is 16.0 Å². The second-order valence-corrected chi connectivity index (χ2v) is 5.24. The second kappa shape index (κ2) is 7.23. The lowest BCUT2D eigenvalue weighted by Crippen LogP contribution is -2.53. The van der Waals surface area contributed by atoms with E-state index in [4.69, 9.17) is 0 Å². The zero-order valence-corrected chi connectivity index (χ0v) is 11.8. The average Bonchev–Trinajstić information content (AvgIpc) is 2.51. The molecule has 2 amide bonds. The van der Waals surface area contributed by atoms with E-state index < -0.39 is 12.1 Å². The van der Waals surface area contributed by atoms with E-state index >= 15 is 0 Å². The molecule has 1 saturated heterocycles. The average molecular weight is 269 g/mol. The van der Waals surface area contributed by atoms with Crippen molar-refractivity contribution >= 4 is 17.6 Å². The third-order valence-corrected chi connectivity index (χ3v) is 3.17. The Balaban J connectivity index is 2.64. The Hall–Kier alpha value is -1.43. The monoisotopic (exact) mass is 269 g/mol. The third-order valence-electron chi connectivity index (χ3n) is 3.17. The van der Waals surface area contributed by atoms with E-state index in [1.165, 1.54) is 6.92 Å². The molecule has 2 atom stereocenters. The predicted molar refractivity (Wildman–Crippen MR) is 71.5 cm³/mol. The largest absolute Gasteiger partial charge is 0.344 e. The minimum absolute atomic E-state index is 0.0251. The van der Waals surface area contributed by atoms with Gasteiger partial charge in [-0.05, 0) is 18.9 Å². The number of nitrogens with one attached hydrogen (secondary N) is 3. The van der Waals surface area contributed by atoms with Gasteiger partial charge in [0, 0.05) is 19.9 Å². The number of hydrogen-bond acceptors (Lipinski definition) is 4. The van der Waals surface area contributed by atoms with Gasteiger partial charge >= 0.3 is 0 Å². The first-order valence-corrected chi connectivity index (χ1v) is 6.72. The number of Topliss-reactive ketones (excluding diaryl/α,β-unsaturated/α-hetero) is 1. The van der Waals surface area contributed by atoms with Gasteiger partial charge in [0.15, 0.2) is 5.78 Å². The fraction of sp³-hybridized carbons (Fsp3) is 0.769. The molecule has 6 nitrogen and oxygen atoms in total. The van der Waals surface area contributed by atoms with E-state index in [1.54, 1.807) is 0 Å². The molecule has 3 N–H and O–H groups in total. The van der Waals surface area contributed by atoms with Crippen LogP contribution in [0, 0.1) is 5.92 Å². The van der Waals surface area contributed by atoms with Crippen LogP contribution >= 0.6 is 0 Å². The highest BCUT2D eigenvalue weighted by Crippen LogP contribution is 2.06. The summed E-state index contributed by atoms with van der Waals surface area (Å²) in [5.41, 5.74) is 0. The molecule has 0 bridgehead atoms.